The molecule has 0 radical (unpaired) electrons. The van der Waals surface area contributed by atoms with E-state index in [0.717, 1.165) is 17.5 Å². The van der Waals surface area contributed by atoms with Crippen molar-refractivity contribution in [3.63, 3.8) is 0 Å². The maximum atomic E-state index is 11.7. The van der Waals surface area contributed by atoms with Gasteiger partial charge in [-0.15, -0.1) is 0 Å². The summed E-state index contributed by atoms with van der Waals surface area (Å²) in [5.41, 5.74) is 0.222. The van der Waals surface area contributed by atoms with Gasteiger partial charge in [0.1, 0.15) is 0 Å². The fraction of sp³-hybridized carbons (Fsp3) is 0.429. The van der Waals surface area contributed by atoms with Gasteiger partial charge in [0.2, 0.25) is 0 Å². The van der Waals surface area contributed by atoms with Crippen molar-refractivity contribution in [1.82, 2.24) is 19.6 Å². The molecule has 3 rings (SSSR count). The van der Waals surface area contributed by atoms with Gasteiger partial charge in [-0.3, -0.25) is 9.48 Å². The van der Waals surface area contributed by atoms with Crippen molar-refractivity contribution in [3.8, 4) is 0 Å². The van der Waals surface area contributed by atoms with Gasteiger partial charge in [0.05, 0.1) is 18.3 Å². The molecule has 1 saturated carbocycles. The maximum Gasteiger partial charge on any atom is 0.356 e. The van der Waals surface area contributed by atoms with Gasteiger partial charge in [-0.05, 0) is 25.0 Å². The van der Waals surface area contributed by atoms with E-state index in [1.807, 2.05) is 16.9 Å². The molecule has 110 valence electrons. The molecule has 0 unspecified atom stereocenters. The number of carboxylic acid groups (broad SMARTS) is 1. The van der Waals surface area contributed by atoms with Gasteiger partial charge in [0, 0.05) is 12.3 Å². The minimum Gasteiger partial charge on any atom is -0.476 e. The summed E-state index contributed by atoms with van der Waals surface area (Å²) in [6, 6.07) is 4.71. The third-order valence-corrected chi connectivity index (χ3v) is 3.76. The van der Waals surface area contributed by atoms with Gasteiger partial charge in [-0.1, -0.05) is 12.8 Å². The normalized spacial score (nSPS) is 15.4. The van der Waals surface area contributed by atoms with Crippen LogP contribution >= 0.6 is 0 Å². The molecule has 1 fully saturated rings. The smallest absolute Gasteiger partial charge is 0.356 e. The lowest BCUT2D eigenvalue weighted by atomic mass is 10.3. The molecule has 21 heavy (non-hydrogen) atoms. The van der Waals surface area contributed by atoms with Gasteiger partial charge in [-0.25, -0.2) is 9.48 Å². The second kappa shape index (κ2) is 5.51. The summed E-state index contributed by atoms with van der Waals surface area (Å²) < 4.78 is 3.07. The SMILES string of the molecule is O=C(O)c1ccc(=O)n(Cc2ccn(C3CCCC3)n2)n1. The minimum absolute atomic E-state index is 0.148. The molecular weight excluding hydrogens is 272 g/mol. The third kappa shape index (κ3) is 2.86. The van der Waals surface area contributed by atoms with Crippen molar-refractivity contribution in [2.75, 3.05) is 0 Å². The average Bonchev–Trinajstić information content (AvgIpc) is 3.11. The molecule has 0 amide bonds. The highest BCUT2D eigenvalue weighted by molar-refractivity contribution is 5.84. The first-order valence-corrected chi connectivity index (χ1v) is 6.99. The van der Waals surface area contributed by atoms with Crippen molar-refractivity contribution < 1.29 is 9.90 Å². The van der Waals surface area contributed by atoms with Crippen LogP contribution in [0, 0.1) is 0 Å². The highest BCUT2D eigenvalue weighted by atomic mass is 16.4. The lowest BCUT2D eigenvalue weighted by Gasteiger charge is -2.09. The van der Waals surface area contributed by atoms with E-state index < -0.39 is 5.97 Å². The number of hydrogen-bond acceptors (Lipinski definition) is 4. The zero-order chi connectivity index (χ0) is 14.8. The second-order valence-corrected chi connectivity index (χ2v) is 5.24. The third-order valence-electron chi connectivity index (χ3n) is 3.76. The predicted molar refractivity (Wildman–Crippen MR) is 74.3 cm³/mol. The summed E-state index contributed by atoms with van der Waals surface area (Å²) in [6.07, 6.45) is 6.63. The highest BCUT2D eigenvalue weighted by Crippen LogP contribution is 2.28. The molecule has 7 nitrogen and oxygen atoms in total. The van der Waals surface area contributed by atoms with Crippen LogP contribution in [0.4, 0.5) is 0 Å². The second-order valence-electron chi connectivity index (χ2n) is 5.24. The van der Waals surface area contributed by atoms with Crippen molar-refractivity contribution in [1.29, 1.82) is 0 Å². The Morgan fingerprint density at radius 3 is 2.71 bits per heavy atom. The molecule has 0 aliphatic heterocycles. The van der Waals surface area contributed by atoms with Gasteiger partial charge in [0.15, 0.2) is 5.69 Å². The minimum atomic E-state index is -1.15. The van der Waals surface area contributed by atoms with E-state index in [1.54, 1.807) is 0 Å². The quantitative estimate of drug-likeness (QED) is 0.915. The molecule has 0 atom stereocenters. The lowest BCUT2D eigenvalue weighted by Crippen LogP contribution is -2.25. The summed E-state index contributed by atoms with van der Waals surface area (Å²) in [5.74, 6) is -1.15. The predicted octanol–water partition coefficient (Wildman–Crippen LogP) is 1.30. The maximum absolute atomic E-state index is 11.7. The number of carbonyl (C=O) groups is 1. The largest absolute Gasteiger partial charge is 0.476 e. The average molecular weight is 288 g/mol. The van der Waals surface area contributed by atoms with E-state index in [0.29, 0.717) is 11.7 Å². The van der Waals surface area contributed by atoms with Crippen molar-refractivity contribution in [2.24, 2.45) is 0 Å². The van der Waals surface area contributed by atoms with Crippen LogP contribution in [0.25, 0.3) is 0 Å². The van der Waals surface area contributed by atoms with Crippen LogP contribution in [0.1, 0.15) is 47.9 Å². The summed E-state index contributed by atoms with van der Waals surface area (Å²) in [7, 11) is 0. The Balaban J connectivity index is 1.81. The first-order chi connectivity index (χ1) is 10.1. The van der Waals surface area contributed by atoms with Gasteiger partial charge < -0.3 is 5.11 Å². The fourth-order valence-electron chi connectivity index (χ4n) is 2.66. The molecule has 1 N–H and O–H groups in total. The number of nitrogens with zero attached hydrogens (tertiary/aromatic N) is 4. The first kappa shape index (κ1) is 13.5. The van der Waals surface area contributed by atoms with Crippen molar-refractivity contribution in [3.05, 3.63) is 46.1 Å². The monoisotopic (exact) mass is 288 g/mol. The van der Waals surface area contributed by atoms with E-state index in [-0.39, 0.29) is 17.8 Å². The lowest BCUT2D eigenvalue weighted by molar-refractivity contribution is 0.0687. The molecule has 2 heterocycles. The van der Waals surface area contributed by atoms with E-state index >= 15 is 0 Å². The van der Waals surface area contributed by atoms with E-state index in [2.05, 4.69) is 10.2 Å². The number of carboxylic acids is 1. The standard InChI is InChI=1S/C14H16N4O3/c19-13-6-5-12(14(20)21)16-18(13)9-10-7-8-17(15-10)11-3-1-2-4-11/h5-8,11H,1-4,9H2,(H,20,21). The number of aromatic nitrogens is 4. The van der Waals surface area contributed by atoms with Crippen LogP contribution < -0.4 is 5.56 Å². The Hall–Kier alpha value is -2.44. The van der Waals surface area contributed by atoms with Crippen LogP contribution in [0.2, 0.25) is 0 Å². The Bertz CT molecular complexity index is 713. The number of rotatable bonds is 4. The van der Waals surface area contributed by atoms with Crippen molar-refractivity contribution in [2.45, 2.75) is 38.3 Å². The molecule has 7 heteroatoms. The van der Waals surface area contributed by atoms with Crippen LogP contribution in [0.5, 0.6) is 0 Å². The summed E-state index contributed by atoms with van der Waals surface area (Å²) >= 11 is 0. The summed E-state index contributed by atoms with van der Waals surface area (Å²) in [4.78, 5) is 22.6. The molecule has 0 spiro atoms. The molecule has 0 bridgehead atoms. The molecule has 2 aromatic heterocycles. The number of hydrogen-bond donors (Lipinski definition) is 1. The topological polar surface area (TPSA) is 90.0 Å². The van der Waals surface area contributed by atoms with E-state index in [9.17, 15) is 9.59 Å². The number of aromatic carboxylic acids is 1. The Kier molecular flexibility index (Phi) is 3.55. The zero-order valence-electron chi connectivity index (χ0n) is 11.5. The zero-order valence-corrected chi connectivity index (χ0v) is 11.5. The first-order valence-electron chi connectivity index (χ1n) is 6.99. The summed E-state index contributed by atoms with van der Waals surface area (Å²) in [5, 5.41) is 17.2. The molecule has 2 aromatic rings. The van der Waals surface area contributed by atoms with Crippen LogP contribution in [-0.4, -0.2) is 30.6 Å². The van der Waals surface area contributed by atoms with E-state index in [1.165, 1.54) is 25.0 Å². The Morgan fingerprint density at radius 2 is 2.00 bits per heavy atom. The Labute approximate surface area is 120 Å². The molecule has 1 aliphatic carbocycles. The van der Waals surface area contributed by atoms with Gasteiger partial charge >= 0.3 is 5.97 Å². The van der Waals surface area contributed by atoms with Crippen LogP contribution in [-0.2, 0) is 6.54 Å². The van der Waals surface area contributed by atoms with Crippen LogP contribution in [0.15, 0.2) is 29.2 Å². The summed E-state index contributed by atoms with van der Waals surface area (Å²) in [6.45, 7) is 0.180. The van der Waals surface area contributed by atoms with E-state index in [4.69, 9.17) is 5.11 Å². The Morgan fingerprint density at radius 1 is 1.24 bits per heavy atom. The van der Waals surface area contributed by atoms with Gasteiger partial charge in [-0.2, -0.15) is 10.2 Å². The molecular formula is C14H16N4O3. The van der Waals surface area contributed by atoms with Crippen LogP contribution in [0.3, 0.4) is 0 Å². The molecule has 0 aromatic carbocycles. The molecule has 1 aliphatic rings. The van der Waals surface area contributed by atoms with Gasteiger partial charge in [0.25, 0.3) is 5.56 Å². The molecule has 0 saturated heterocycles. The highest BCUT2D eigenvalue weighted by Gasteiger charge is 2.17. The fourth-order valence-corrected chi connectivity index (χ4v) is 2.66. The van der Waals surface area contributed by atoms with Crippen molar-refractivity contribution >= 4 is 5.97 Å².